The van der Waals surface area contributed by atoms with Gasteiger partial charge in [-0.2, -0.15) is 0 Å². The number of benzene rings is 1. The van der Waals surface area contributed by atoms with E-state index in [9.17, 15) is 9.90 Å². The topological polar surface area (TPSA) is 55.8 Å². The lowest BCUT2D eigenvalue weighted by atomic mass is 9.53. The minimum atomic E-state index is -2.18. The van der Waals surface area contributed by atoms with Gasteiger partial charge in [0.05, 0.1) is 0 Å². The summed E-state index contributed by atoms with van der Waals surface area (Å²) in [6.07, 6.45) is 6.26. The zero-order valence-corrected chi connectivity index (χ0v) is 28.4. The van der Waals surface area contributed by atoms with Crippen molar-refractivity contribution in [3.8, 4) is 17.6 Å². The molecule has 39 heavy (non-hydrogen) atoms. The highest BCUT2D eigenvalue weighted by Crippen LogP contribution is 2.66. The number of carbonyl (C=O) groups is 1. The Hall–Kier alpha value is -1.56. The molecule has 2 saturated carbocycles. The van der Waals surface area contributed by atoms with Crippen LogP contribution >= 0.6 is 0 Å². The minimum Gasteiger partial charge on any atom is -0.543 e. The molecule has 0 amide bonds. The fourth-order valence-electron chi connectivity index (χ4n) is 7.21. The van der Waals surface area contributed by atoms with Crippen molar-refractivity contribution in [1.82, 2.24) is 0 Å². The van der Waals surface area contributed by atoms with Crippen LogP contribution in [-0.4, -0.2) is 33.3 Å². The lowest BCUT2D eigenvalue weighted by molar-refractivity contribution is -0.130. The maximum absolute atomic E-state index is 11.6. The van der Waals surface area contributed by atoms with Crippen LogP contribution in [0.1, 0.15) is 97.6 Å². The Kier molecular flexibility index (Phi) is 7.62. The van der Waals surface area contributed by atoms with E-state index in [1.165, 1.54) is 17.5 Å². The summed E-state index contributed by atoms with van der Waals surface area (Å²) in [7, 11) is -4.07. The molecule has 4 nitrogen and oxygen atoms in total. The van der Waals surface area contributed by atoms with Crippen LogP contribution in [0.2, 0.25) is 36.3 Å². The van der Waals surface area contributed by atoms with Crippen LogP contribution in [0.3, 0.4) is 0 Å². The molecule has 0 radical (unpaired) electrons. The molecule has 0 spiro atoms. The third kappa shape index (κ3) is 5.29. The van der Waals surface area contributed by atoms with Gasteiger partial charge in [0.2, 0.25) is 8.32 Å². The second kappa shape index (κ2) is 9.77. The summed E-state index contributed by atoms with van der Waals surface area (Å²) in [5, 5.41) is 9.74. The summed E-state index contributed by atoms with van der Waals surface area (Å²) in [5.41, 5.74) is 2.14. The monoisotopic (exact) mass is 568 g/mol. The van der Waals surface area contributed by atoms with Crippen LogP contribution in [0.15, 0.2) is 18.2 Å². The van der Waals surface area contributed by atoms with Crippen LogP contribution < -0.4 is 4.43 Å². The van der Waals surface area contributed by atoms with Gasteiger partial charge in [-0.05, 0) is 116 Å². The van der Waals surface area contributed by atoms with Crippen LogP contribution in [0, 0.1) is 29.1 Å². The van der Waals surface area contributed by atoms with E-state index in [0.29, 0.717) is 17.8 Å². The van der Waals surface area contributed by atoms with Crippen molar-refractivity contribution in [1.29, 1.82) is 0 Å². The zero-order chi connectivity index (χ0) is 29.2. The zero-order valence-electron chi connectivity index (χ0n) is 26.4. The number of fused-ring (bicyclic) bond motifs is 5. The van der Waals surface area contributed by atoms with Gasteiger partial charge in [-0.1, -0.05) is 60.5 Å². The Labute approximate surface area is 239 Å². The molecule has 0 saturated heterocycles. The largest absolute Gasteiger partial charge is 0.543 e. The molecule has 4 rings (SSSR count). The van der Waals surface area contributed by atoms with Gasteiger partial charge in [-0.25, -0.2) is 4.79 Å². The van der Waals surface area contributed by atoms with Crippen molar-refractivity contribution in [2.45, 2.75) is 135 Å². The van der Waals surface area contributed by atoms with E-state index in [-0.39, 0.29) is 15.5 Å². The molecule has 0 heterocycles. The summed E-state index contributed by atoms with van der Waals surface area (Å²) < 4.78 is 13.9. The summed E-state index contributed by atoms with van der Waals surface area (Å²) in [5.74, 6) is 7.40. The average Bonchev–Trinajstić information content (AvgIpc) is 3.07. The van der Waals surface area contributed by atoms with E-state index in [2.05, 4.69) is 105 Å². The van der Waals surface area contributed by atoms with Gasteiger partial charge in [0, 0.05) is 11.3 Å². The molecule has 1 N–H and O–H groups in total. The van der Waals surface area contributed by atoms with Gasteiger partial charge in [0.15, 0.2) is 8.32 Å². The maximum Gasteiger partial charge on any atom is 0.382 e. The van der Waals surface area contributed by atoms with Gasteiger partial charge in [0.1, 0.15) is 11.4 Å². The van der Waals surface area contributed by atoms with Gasteiger partial charge >= 0.3 is 5.97 Å². The standard InChI is InChI=1S/C33H52O4Si2/c1-30(2,3)38(8,9)36-24-13-15-25-23(22-24)12-14-27-26(25)16-19-32(7)28(27)17-20-33(32,21-18-29(34)35)37-39(10,11)31(4,5)6/h13,15,22,26-28H,12,14,16-17,19-20H2,1-11H3,(H,34,35)/t26-,27-,28+,32+,33-/m1/s1. The summed E-state index contributed by atoms with van der Waals surface area (Å²) in [6.45, 7) is 25.2. The first kappa shape index (κ1) is 30.4. The maximum atomic E-state index is 11.6. The molecule has 0 aromatic heterocycles. The molecular formula is C33H52O4Si2. The van der Waals surface area contributed by atoms with E-state index in [4.69, 9.17) is 8.85 Å². The van der Waals surface area contributed by atoms with Gasteiger partial charge in [-0.3, -0.25) is 0 Å². The number of rotatable bonds is 4. The van der Waals surface area contributed by atoms with Crippen molar-refractivity contribution in [3.05, 3.63) is 29.3 Å². The first-order valence-electron chi connectivity index (χ1n) is 15.0. The molecule has 1 aromatic rings. The van der Waals surface area contributed by atoms with Gasteiger partial charge in [-0.15, -0.1) is 0 Å². The lowest BCUT2D eigenvalue weighted by Crippen LogP contribution is -2.57. The second-order valence-corrected chi connectivity index (χ2v) is 25.3. The molecule has 0 bridgehead atoms. The number of carboxylic acids is 1. The molecular weight excluding hydrogens is 517 g/mol. The molecule has 216 valence electrons. The summed E-state index contributed by atoms with van der Waals surface area (Å²) in [6, 6.07) is 6.90. The Balaban J connectivity index is 1.65. The Morgan fingerprint density at radius 2 is 1.62 bits per heavy atom. The van der Waals surface area contributed by atoms with Crippen molar-refractivity contribution >= 4 is 22.6 Å². The van der Waals surface area contributed by atoms with E-state index < -0.39 is 28.2 Å². The molecule has 6 heteroatoms. The average molecular weight is 569 g/mol. The van der Waals surface area contributed by atoms with Crippen LogP contribution in [0.4, 0.5) is 0 Å². The number of hydrogen-bond donors (Lipinski definition) is 1. The van der Waals surface area contributed by atoms with Crippen LogP contribution in [0.5, 0.6) is 5.75 Å². The summed E-state index contributed by atoms with van der Waals surface area (Å²) in [4.78, 5) is 11.6. The molecule has 2 fully saturated rings. The van der Waals surface area contributed by atoms with E-state index >= 15 is 0 Å². The molecule has 0 unspecified atom stereocenters. The third-order valence-corrected chi connectivity index (χ3v) is 20.4. The first-order valence-corrected chi connectivity index (χ1v) is 20.8. The van der Waals surface area contributed by atoms with E-state index in [1.54, 1.807) is 0 Å². The predicted octanol–water partition coefficient (Wildman–Crippen LogP) is 8.78. The van der Waals surface area contributed by atoms with E-state index in [1.807, 2.05) is 0 Å². The fourth-order valence-corrected chi connectivity index (χ4v) is 9.80. The van der Waals surface area contributed by atoms with Gasteiger partial charge in [0.25, 0.3) is 0 Å². The fraction of sp³-hybridized carbons (Fsp3) is 0.727. The second-order valence-electron chi connectivity index (χ2n) is 15.9. The Morgan fingerprint density at radius 3 is 2.21 bits per heavy atom. The van der Waals surface area contributed by atoms with Crippen molar-refractivity contribution in [3.63, 3.8) is 0 Å². The van der Waals surface area contributed by atoms with Crippen molar-refractivity contribution in [2.24, 2.45) is 17.3 Å². The van der Waals surface area contributed by atoms with Crippen LogP contribution in [-0.2, 0) is 15.6 Å². The Morgan fingerprint density at radius 1 is 0.974 bits per heavy atom. The highest BCUT2D eigenvalue weighted by Gasteiger charge is 2.64. The van der Waals surface area contributed by atoms with Crippen LogP contribution in [0.25, 0.3) is 0 Å². The molecule has 3 aliphatic carbocycles. The molecule has 3 aliphatic rings. The van der Waals surface area contributed by atoms with Crippen molar-refractivity contribution in [2.75, 3.05) is 0 Å². The lowest BCUT2D eigenvalue weighted by Gasteiger charge is -2.55. The normalized spacial score (nSPS) is 30.9. The smallest absolute Gasteiger partial charge is 0.382 e. The Bertz CT molecular complexity index is 1180. The highest BCUT2D eigenvalue weighted by atomic mass is 28.4. The van der Waals surface area contributed by atoms with Gasteiger partial charge < -0.3 is 14.0 Å². The molecule has 5 atom stereocenters. The highest BCUT2D eigenvalue weighted by molar-refractivity contribution is 6.75. The predicted molar refractivity (Wildman–Crippen MR) is 165 cm³/mol. The van der Waals surface area contributed by atoms with Crippen molar-refractivity contribution < 1.29 is 18.8 Å². The number of hydrogen-bond acceptors (Lipinski definition) is 3. The molecule has 1 aromatic carbocycles. The third-order valence-electron chi connectivity index (χ3n) is 11.6. The minimum absolute atomic E-state index is 0.0323. The number of carboxylic acid groups (broad SMARTS) is 1. The molecule has 0 aliphatic heterocycles. The SMILES string of the molecule is CC(C)(C)[Si](C)(C)Oc1ccc2c(c1)CC[C@@H]1[C@@H]2CC[C@@]2(C)[C@H]1CC[C@]2(C#CC(=O)O)O[Si](C)(C)C(C)(C)C. The quantitative estimate of drug-likeness (QED) is 0.291. The number of aliphatic carboxylic acids is 1. The van der Waals surface area contributed by atoms with E-state index in [0.717, 1.165) is 37.9 Å². The first-order chi connectivity index (χ1) is 17.7. The number of aryl methyl sites for hydroxylation is 1. The summed E-state index contributed by atoms with van der Waals surface area (Å²) >= 11 is 0.